The molecule has 1 atom stereocenters. The van der Waals surface area contributed by atoms with Gasteiger partial charge < -0.3 is 4.84 Å². The summed E-state index contributed by atoms with van der Waals surface area (Å²) in [7, 11) is 0. The summed E-state index contributed by atoms with van der Waals surface area (Å²) in [5, 5.41) is 2.27. The minimum absolute atomic E-state index is 0.188. The van der Waals surface area contributed by atoms with Gasteiger partial charge >= 0.3 is 0 Å². The first-order valence-electron chi connectivity index (χ1n) is 3.41. The van der Waals surface area contributed by atoms with E-state index in [0.717, 1.165) is 12.8 Å². The predicted octanol–water partition coefficient (Wildman–Crippen LogP) is -1.01. The molecule has 64 valence electrons. The third kappa shape index (κ3) is 2.11. The quantitative estimate of drug-likeness (QED) is 0.277. The maximum Gasteiger partial charge on any atom is 0.178 e. The van der Waals surface area contributed by atoms with Crippen molar-refractivity contribution in [2.45, 2.75) is 24.7 Å². The van der Waals surface area contributed by atoms with E-state index >= 15 is 0 Å². The van der Waals surface area contributed by atoms with Crippen molar-refractivity contribution in [3.05, 3.63) is 4.91 Å². The van der Waals surface area contributed by atoms with Crippen LogP contribution < -0.4 is 17.2 Å². The second-order valence-corrected chi connectivity index (χ2v) is 2.94. The van der Waals surface area contributed by atoms with Gasteiger partial charge in [0, 0.05) is 5.92 Å². The maximum atomic E-state index is 9.76. The molecule has 0 saturated heterocycles. The normalized spacial score (nSPS) is 21.0. The maximum absolute atomic E-state index is 9.76. The Balaban J connectivity index is 2.50. The van der Waals surface area contributed by atoms with E-state index in [2.05, 4.69) is 10.2 Å². The van der Waals surface area contributed by atoms with Crippen molar-refractivity contribution in [1.82, 2.24) is 0 Å². The van der Waals surface area contributed by atoms with Gasteiger partial charge in [-0.1, -0.05) is 0 Å². The minimum Gasteiger partial charge on any atom is -0.356 e. The lowest BCUT2D eigenvalue weighted by molar-refractivity contribution is -0.0123. The zero-order valence-electron chi connectivity index (χ0n) is 6.06. The molecule has 6 nitrogen and oxygen atoms in total. The average molecular weight is 160 g/mol. The standard InChI is InChI=1S/C5H12N4O2/c6-5(7,8)4(11-9-10)3-1-2-3/h3-4H,1-2,6-8H2. The molecule has 6 heteroatoms. The van der Waals surface area contributed by atoms with Gasteiger partial charge in [-0.05, 0) is 12.8 Å². The van der Waals surface area contributed by atoms with Gasteiger partial charge in [-0.25, -0.2) is 0 Å². The van der Waals surface area contributed by atoms with Crippen LogP contribution >= 0.6 is 0 Å². The molecule has 0 aromatic rings. The predicted molar refractivity (Wildman–Crippen MR) is 38.7 cm³/mol. The average Bonchev–Trinajstić information content (AvgIpc) is 2.61. The van der Waals surface area contributed by atoms with Crippen LogP contribution in [0.15, 0.2) is 5.34 Å². The number of rotatable bonds is 4. The Morgan fingerprint density at radius 3 is 2.27 bits per heavy atom. The smallest absolute Gasteiger partial charge is 0.178 e. The van der Waals surface area contributed by atoms with E-state index in [-0.39, 0.29) is 5.92 Å². The van der Waals surface area contributed by atoms with Crippen molar-refractivity contribution in [2.75, 3.05) is 0 Å². The highest BCUT2D eigenvalue weighted by Crippen LogP contribution is 2.36. The third-order valence-electron chi connectivity index (χ3n) is 1.70. The highest BCUT2D eigenvalue weighted by molar-refractivity contribution is 4.92. The van der Waals surface area contributed by atoms with Gasteiger partial charge in [0.1, 0.15) is 0 Å². The summed E-state index contributed by atoms with van der Waals surface area (Å²) in [5.74, 6) is -1.28. The van der Waals surface area contributed by atoms with Crippen LogP contribution in [-0.2, 0) is 4.84 Å². The molecule has 0 heterocycles. The van der Waals surface area contributed by atoms with Crippen molar-refractivity contribution in [3.63, 3.8) is 0 Å². The highest BCUT2D eigenvalue weighted by atomic mass is 16.7. The van der Waals surface area contributed by atoms with Crippen molar-refractivity contribution < 1.29 is 4.84 Å². The first-order chi connectivity index (χ1) is 5.05. The monoisotopic (exact) mass is 160 g/mol. The number of hydrogen-bond acceptors (Lipinski definition) is 6. The molecule has 0 aromatic heterocycles. The fourth-order valence-corrected chi connectivity index (χ4v) is 1.03. The van der Waals surface area contributed by atoms with Crippen LogP contribution in [0.5, 0.6) is 0 Å². The molecule has 0 amide bonds. The number of nitrogens with two attached hydrogens (primary N) is 3. The lowest BCUT2D eigenvalue weighted by Crippen LogP contribution is -2.67. The Kier molecular flexibility index (Phi) is 2.08. The Hall–Kier alpha value is -0.720. The topological polar surface area (TPSA) is 117 Å². The largest absolute Gasteiger partial charge is 0.356 e. The molecule has 1 aliphatic carbocycles. The van der Waals surface area contributed by atoms with E-state index in [1.54, 1.807) is 0 Å². The van der Waals surface area contributed by atoms with E-state index in [9.17, 15) is 4.91 Å². The zero-order valence-corrected chi connectivity index (χ0v) is 6.06. The molecule has 1 unspecified atom stereocenters. The van der Waals surface area contributed by atoms with Gasteiger partial charge in [0.2, 0.25) is 0 Å². The molecule has 11 heavy (non-hydrogen) atoms. The fourth-order valence-electron chi connectivity index (χ4n) is 1.03. The van der Waals surface area contributed by atoms with Gasteiger partial charge in [0.25, 0.3) is 0 Å². The number of hydrogen-bond donors (Lipinski definition) is 3. The summed E-state index contributed by atoms with van der Waals surface area (Å²) in [6, 6.07) is 0. The summed E-state index contributed by atoms with van der Waals surface area (Å²) in [6.45, 7) is 0. The summed E-state index contributed by atoms with van der Waals surface area (Å²) in [5.41, 5.74) is 16.0. The summed E-state index contributed by atoms with van der Waals surface area (Å²) >= 11 is 0. The Bertz CT molecular complexity index is 151. The first-order valence-corrected chi connectivity index (χ1v) is 3.41. The highest BCUT2D eigenvalue weighted by Gasteiger charge is 2.43. The van der Waals surface area contributed by atoms with Crippen molar-refractivity contribution in [1.29, 1.82) is 0 Å². The Morgan fingerprint density at radius 2 is 2.00 bits per heavy atom. The zero-order chi connectivity index (χ0) is 8.48. The molecule has 0 spiro atoms. The van der Waals surface area contributed by atoms with E-state index in [1.165, 1.54) is 0 Å². The van der Waals surface area contributed by atoms with Crippen LogP contribution in [0.2, 0.25) is 0 Å². The molecule has 1 fully saturated rings. The van der Waals surface area contributed by atoms with E-state index in [4.69, 9.17) is 17.2 Å². The molecule has 6 N–H and O–H groups in total. The second kappa shape index (κ2) is 2.72. The van der Waals surface area contributed by atoms with E-state index < -0.39 is 11.9 Å². The van der Waals surface area contributed by atoms with Gasteiger partial charge in [0.05, 0.1) is 0 Å². The molecule has 0 bridgehead atoms. The lowest BCUT2D eigenvalue weighted by atomic mass is 10.1. The van der Waals surface area contributed by atoms with Crippen molar-refractivity contribution in [3.8, 4) is 0 Å². The summed E-state index contributed by atoms with van der Waals surface area (Å²) < 4.78 is 0. The fraction of sp³-hybridized carbons (Fsp3) is 1.00. The van der Waals surface area contributed by atoms with Crippen LogP contribution in [-0.4, -0.2) is 11.9 Å². The molecular formula is C5H12N4O2. The van der Waals surface area contributed by atoms with Crippen molar-refractivity contribution >= 4 is 0 Å². The Morgan fingerprint density at radius 1 is 1.45 bits per heavy atom. The molecule has 1 saturated carbocycles. The SMILES string of the molecule is NC(N)(N)C(ON=O)C1CC1. The molecule has 0 aromatic carbocycles. The van der Waals surface area contributed by atoms with Gasteiger partial charge in [0.15, 0.2) is 17.2 Å². The minimum atomic E-state index is -1.46. The first kappa shape index (κ1) is 8.38. The van der Waals surface area contributed by atoms with Gasteiger partial charge in [-0.2, -0.15) is 0 Å². The van der Waals surface area contributed by atoms with Crippen LogP contribution in [0.25, 0.3) is 0 Å². The molecule has 0 radical (unpaired) electrons. The Labute approximate surface area is 64.0 Å². The number of nitrogens with zero attached hydrogens (tertiary/aromatic N) is 1. The van der Waals surface area contributed by atoms with Crippen LogP contribution in [0.1, 0.15) is 12.8 Å². The van der Waals surface area contributed by atoms with Crippen LogP contribution in [0, 0.1) is 10.8 Å². The third-order valence-corrected chi connectivity index (χ3v) is 1.70. The van der Waals surface area contributed by atoms with Gasteiger partial charge in [-0.3, -0.25) is 17.2 Å². The molecule has 0 aliphatic heterocycles. The van der Waals surface area contributed by atoms with E-state index in [1.807, 2.05) is 0 Å². The van der Waals surface area contributed by atoms with E-state index in [0.29, 0.717) is 0 Å². The molecular weight excluding hydrogens is 148 g/mol. The summed E-state index contributed by atoms with van der Waals surface area (Å²) in [6.07, 6.45) is 1.22. The second-order valence-electron chi connectivity index (χ2n) is 2.94. The van der Waals surface area contributed by atoms with Crippen LogP contribution in [0.4, 0.5) is 0 Å². The lowest BCUT2D eigenvalue weighted by Gasteiger charge is -2.26. The van der Waals surface area contributed by atoms with Crippen LogP contribution in [0.3, 0.4) is 0 Å². The molecule has 1 aliphatic rings. The summed E-state index contributed by atoms with van der Waals surface area (Å²) in [4.78, 5) is 14.2. The van der Waals surface area contributed by atoms with Gasteiger partial charge in [-0.15, -0.1) is 4.91 Å². The molecule has 1 rings (SSSR count). The van der Waals surface area contributed by atoms with Crippen molar-refractivity contribution in [2.24, 2.45) is 28.5 Å².